The SMILES string of the molecule is c1ccc(-c2c(-c3ccccc3)c(-c3ccccc3)c3c4cccc5c6c(-c7ccccc7)c(-c7ccc([Si](c8ccccc8)(c8ccccc8)c8ccccc8)cc7)cc(-c7ccccc7)c6c6cccc(c3c2-c2ccccc2)c6c54)cc1. The zero-order chi connectivity index (χ0) is 56.3. The highest BCUT2D eigenvalue weighted by Crippen LogP contribution is 2.58. The number of hydrogen-bond donors (Lipinski definition) is 0. The maximum Gasteiger partial charge on any atom is 0.179 e. The van der Waals surface area contributed by atoms with Gasteiger partial charge in [-0.25, -0.2) is 0 Å². The minimum atomic E-state index is -2.81. The van der Waals surface area contributed by atoms with Gasteiger partial charge in [0.1, 0.15) is 0 Å². The van der Waals surface area contributed by atoms with E-state index >= 15 is 0 Å². The van der Waals surface area contributed by atoms with Crippen molar-refractivity contribution in [3.8, 4) is 77.9 Å². The molecule has 0 spiro atoms. The summed E-state index contributed by atoms with van der Waals surface area (Å²) in [6.07, 6.45) is 0. The van der Waals surface area contributed by atoms with Gasteiger partial charge < -0.3 is 0 Å². The smallest absolute Gasteiger partial charge is 0.0623 e. The molecule has 0 aliphatic heterocycles. The topological polar surface area (TPSA) is 0 Å². The van der Waals surface area contributed by atoms with Crippen LogP contribution in [-0.2, 0) is 0 Å². The summed E-state index contributed by atoms with van der Waals surface area (Å²) in [5, 5.41) is 18.0. The van der Waals surface area contributed by atoms with E-state index in [0.29, 0.717) is 0 Å². The largest absolute Gasteiger partial charge is 0.179 e. The minimum Gasteiger partial charge on any atom is -0.0623 e. The zero-order valence-corrected chi connectivity index (χ0v) is 47.8. The van der Waals surface area contributed by atoms with Crippen LogP contribution < -0.4 is 20.7 Å². The average Bonchev–Trinajstić information content (AvgIpc) is 0.833. The normalized spacial score (nSPS) is 11.8. The fourth-order valence-corrected chi connectivity index (χ4v) is 19.3. The van der Waals surface area contributed by atoms with Crippen LogP contribution in [0.25, 0.3) is 132 Å². The molecule has 0 aliphatic rings. The molecule has 0 amide bonds. The maximum absolute atomic E-state index is 2.81. The van der Waals surface area contributed by atoms with E-state index in [9.17, 15) is 0 Å². The standard InChI is InChI=1S/C84H56Si/c1-10-30-57(31-11-1)73-56-72(58-52-54-67(55-53-58)85(64-42-22-7-23-43-64,65-44-24-8-25-45-65)66-46-26-9-27-47-66)74(59-32-12-2-13-33-59)82-69-49-29-51-71-80(69)79-68(81(73)82)48-28-50-70(79)83-77(62-38-18-5-19-39-62)75(60-34-14-3-15-35-60)76(61-36-16-4-17-37-61)78(84(71)83)63-40-20-6-21-41-63/h1-56H. The van der Waals surface area contributed by atoms with Gasteiger partial charge in [-0.1, -0.05) is 334 Å². The molecular formula is C84H56Si. The third-order valence-electron chi connectivity index (χ3n) is 17.9. The fourth-order valence-electron chi connectivity index (χ4n) is 14.5. The van der Waals surface area contributed by atoms with Crippen molar-refractivity contribution in [1.29, 1.82) is 0 Å². The predicted octanol–water partition coefficient (Wildman–Crippen LogP) is 19.9. The van der Waals surface area contributed by atoms with Crippen LogP contribution in [0.2, 0.25) is 0 Å². The van der Waals surface area contributed by atoms with E-state index in [4.69, 9.17) is 0 Å². The highest BCUT2D eigenvalue weighted by molar-refractivity contribution is 7.19. The second kappa shape index (κ2) is 20.9. The van der Waals surface area contributed by atoms with Gasteiger partial charge in [-0.3, -0.25) is 0 Å². The highest BCUT2D eigenvalue weighted by atomic mass is 28.3. The van der Waals surface area contributed by atoms with Crippen LogP contribution in [0.15, 0.2) is 340 Å². The first-order valence-corrected chi connectivity index (χ1v) is 31.6. The number of hydrogen-bond acceptors (Lipinski definition) is 0. The molecular weight excluding hydrogens is 1040 g/mol. The first-order valence-electron chi connectivity index (χ1n) is 29.6. The van der Waals surface area contributed by atoms with Crippen LogP contribution in [-0.4, -0.2) is 8.07 Å². The monoisotopic (exact) mass is 1090 g/mol. The molecule has 0 aliphatic carbocycles. The van der Waals surface area contributed by atoms with Gasteiger partial charge in [-0.05, 0) is 159 Å². The lowest BCUT2D eigenvalue weighted by atomic mass is 9.74. The van der Waals surface area contributed by atoms with Gasteiger partial charge in [0.2, 0.25) is 0 Å². The van der Waals surface area contributed by atoms with Crippen LogP contribution in [0.5, 0.6) is 0 Å². The maximum atomic E-state index is 2.52. The molecule has 0 bridgehead atoms. The van der Waals surface area contributed by atoms with Gasteiger partial charge in [0.05, 0.1) is 0 Å². The molecule has 1 heteroatoms. The van der Waals surface area contributed by atoms with Crippen molar-refractivity contribution < 1.29 is 0 Å². The molecule has 85 heavy (non-hydrogen) atoms. The molecule has 0 atom stereocenters. The van der Waals surface area contributed by atoms with Crippen molar-refractivity contribution in [2.24, 2.45) is 0 Å². The molecule has 0 heterocycles. The quantitative estimate of drug-likeness (QED) is 0.0524. The van der Waals surface area contributed by atoms with Gasteiger partial charge in [-0.15, -0.1) is 0 Å². The fraction of sp³-hybridized carbons (Fsp3) is 0. The molecule has 16 rings (SSSR count). The van der Waals surface area contributed by atoms with E-state index in [-0.39, 0.29) is 0 Å². The lowest BCUT2D eigenvalue weighted by molar-refractivity contribution is 1.57. The molecule has 0 saturated heterocycles. The van der Waals surface area contributed by atoms with Crippen molar-refractivity contribution in [1.82, 2.24) is 0 Å². The third-order valence-corrected chi connectivity index (χ3v) is 22.7. The predicted molar refractivity (Wildman–Crippen MR) is 367 cm³/mol. The Hall–Kier alpha value is -10.7. The lowest BCUT2D eigenvalue weighted by Crippen LogP contribution is -2.74. The van der Waals surface area contributed by atoms with Gasteiger partial charge in [0.25, 0.3) is 0 Å². The summed E-state index contributed by atoms with van der Waals surface area (Å²) in [5.74, 6) is 0. The Balaban J connectivity index is 1.09. The summed E-state index contributed by atoms with van der Waals surface area (Å²) in [6, 6.07) is 127. The number of benzene rings is 16. The minimum absolute atomic E-state index is 1.18. The average molecular weight is 1090 g/mol. The van der Waals surface area contributed by atoms with Gasteiger partial charge in [-0.2, -0.15) is 0 Å². The lowest BCUT2D eigenvalue weighted by Gasteiger charge is -2.34. The van der Waals surface area contributed by atoms with Gasteiger partial charge in [0.15, 0.2) is 8.07 Å². The Kier molecular flexibility index (Phi) is 12.3. The summed E-state index contributed by atoms with van der Waals surface area (Å²) in [6.45, 7) is 0. The number of fused-ring (bicyclic) bond motifs is 6. The van der Waals surface area contributed by atoms with Crippen LogP contribution in [0.1, 0.15) is 0 Å². The summed E-state index contributed by atoms with van der Waals surface area (Å²) >= 11 is 0. The third kappa shape index (κ3) is 8.04. The second-order valence-electron chi connectivity index (χ2n) is 22.4. The Morgan fingerprint density at radius 3 is 0.765 bits per heavy atom. The highest BCUT2D eigenvalue weighted by Gasteiger charge is 2.41. The molecule has 396 valence electrons. The van der Waals surface area contributed by atoms with Crippen LogP contribution in [0, 0.1) is 0 Å². The van der Waals surface area contributed by atoms with Crippen LogP contribution in [0.3, 0.4) is 0 Å². The molecule has 0 unspecified atom stereocenters. The van der Waals surface area contributed by atoms with Crippen molar-refractivity contribution in [2.45, 2.75) is 0 Å². The van der Waals surface area contributed by atoms with Crippen molar-refractivity contribution in [3.63, 3.8) is 0 Å². The van der Waals surface area contributed by atoms with E-state index in [1.807, 2.05) is 0 Å². The van der Waals surface area contributed by atoms with E-state index in [0.717, 1.165) is 0 Å². The molecule has 16 aromatic carbocycles. The molecule has 0 fully saturated rings. The Labute approximate surface area is 497 Å². The zero-order valence-electron chi connectivity index (χ0n) is 46.8. The summed E-state index contributed by atoms with van der Waals surface area (Å²) in [5.41, 5.74) is 16.8. The Bertz CT molecular complexity index is 4980. The first-order chi connectivity index (χ1) is 42.3. The van der Waals surface area contributed by atoms with Crippen molar-refractivity contribution in [2.75, 3.05) is 0 Å². The van der Waals surface area contributed by atoms with E-state index < -0.39 is 8.07 Å². The first kappa shape index (κ1) is 50.1. The molecule has 0 saturated carbocycles. The Morgan fingerprint density at radius 2 is 0.412 bits per heavy atom. The molecule has 0 nitrogen and oxygen atoms in total. The second-order valence-corrected chi connectivity index (χ2v) is 26.2. The van der Waals surface area contributed by atoms with E-state index in [1.54, 1.807) is 0 Å². The number of rotatable bonds is 11. The van der Waals surface area contributed by atoms with Gasteiger partial charge in [0, 0.05) is 0 Å². The van der Waals surface area contributed by atoms with Crippen LogP contribution >= 0.6 is 0 Å². The summed E-state index contributed by atoms with van der Waals surface area (Å²) < 4.78 is 0. The molecule has 0 aromatic heterocycles. The molecule has 0 N–H and O–H groups in total. The summed E-state index contributed by atoms with van der Waals surface area (Å²) in [4.78, 5) is 0. The molecule has 16 aromatic rings. The van der Waals surface area contributed by atoms with Gasteiger partial charge >= 0.3 is 0 Å². The van der Waals surface area contributed by atoms with E-state index in [1.165, 1.54) is 152 Å². The van der Waals surface area contributed by atoms with Crippen molar-refractivity contribution in [3.05, 3.63) is 340 Å². The summed E-state index contributed by atoms with van der Waals surface area (Å²) in [7, 11) is -2.81. The molecule has 0 radical (unpaired) electrons. The Morgan fingerprint density at radius 1 is 0.153 bits per heavy atom. The van der Waals surface area contributed by atoms with Crippen molar-refractivity contribution >= 4 is 82.7 Å². The van der Waals surface area contributed by atoms with E-state index in [2.05, 4.69) is 340 Å². The van der Waals surface area contributed by atoms with Crippen LogP contribution in [0.4, 0.5) is 0 Å².